The summed E-state index contributed by atoms with van der Waals surface area (Å²) in [6.07, 6.45) is 3.09. The van der Waals surface area contributed by atoms with Crippen LogP contribution in [0.4, 0.5) is 0 Å². The second-order valence-electron chi connectivity index (χ2n) is 1.36. The Morgan fingerprint density at radius 3 is 3.25 bits per heavy atom. The van der Waals surface area contributed by atoms with Crippen LogP contribution in [-0.4, -0.2) is 9.97 Å². The first-order chi connectivity index (χ1) is 3.93. The molecule has 1 heterocycles. The Labute approximate surface area is 45.9 Å². The summed E-state index contributed by atoms with van der Waals surface area (Å²) in [5.74, 6) is 0. The highest BCUT2D eigenvalue weighted by Gasteiger charge is 1.87. The van der Waals surface area contributed by atoms with Gasteiger partial charge in [-0.25, -0.2) is 4.98 Å². The molecule has 0 atom stereocenters. The van der Waals surface area contributed by atoms with Crippen molar-refractivity contribution in [1.29, 1.82) is 0 Å². The zero-order valence-electron chi connectivity index (χ0n) is 4.16. The minimum atomic E-state index is 0.181. The summed E-state index contributed by atoms with van der Waals surface area (Å²) in [4.78, 5) is 16.0. The van der Waals surface area contributed by atoms with Crippen molar-refractivity contribution in [2.24, 2.45) is 5.18 Å². The first kappa shape index (κ1) is 4.96. The smallest absolute Gasteiger partial charge is 0.123 e. The summed E-state index contributed by atoms with van der Waals surface area (Å²) in [6, 6.07) is 0. The van der Waals surface area contributed by atoms with Gasteiger partial charge in [0.2, 0.25) is 0 Å². The van der Waals surface area contributed by atoms with Gasteiger partial charge in [-0.2, -0.15) is 4.91 Å². The summed E-state index contributed by atoms with van der Waals surface area (Å²) < 4.78 is 0. The van der Waals surface area contributed by atoms with Gasteiger partial charge in [0.15, 0.2) is 0 Å². The lowest BCUT2D eigenvalue weighted by molar-refractivity contribution is 1.00. The fourth-order valence-electron chi connectivity index (χ4n) is 0.441. The molecule has 0 saturated heterocycles. The summed E-state index contributed by atoms with van der Waals surface area (Å²) in [6.45, 7) is 0.181. The van der Waals surface area contributed by atoms with Crippen LogP contribution in [0.25, 0.3) is 0 Å². The normalized spacial score (nSPS) is 9.00. The highest BCUT2D eigenvalue weighted by Crippen LogP contribution is 1.90. The molecule has 1 aromatic rings. The van der Waals surface area contributed by atoms with E-state index in [2.05, 4.69) is 15.1 Å². The minimum Gasteiger partial charge on any atom is -0.347 e. The molecule has 0 amide bonds. The van der Waals surface area contributed by atoms with Gasteiger partial charge >= 0.3 is 0 Å². The number of nitrogens with one attached hydrogen (secondary N) is 1. The van der Waals surface area contributed by atoms with E-state index in [1.165, 1.54) is 6.33 Å². The molecule has 1 N–H and O–H groups in total. The number of aromatic amines is 1. The van der Waals surface area contributed by atoms with Crippen LogP contribution in [0.5, 0.6) is 0 Å². The Bertz CT molecular complexity index is 158. The van der Waals surface area contributed by atoms with Crippen molar-refractivity contribution in [2.75, 3.05) is 0 Å². The Hall–Kier alpha value is -1.19. The van der Waals surface area contributed by atoms with E-state index in [1.54, 1.807) is 6.20 Å². The zero-order chi connectivity index (χ0) is 5.82. The summed E-state index contributed by atoms with van der Waals surface area (Å²) >= 11 is 0. The first-order valence-corrected chi connectivity index (χ1v) is 2.20. The lowest BCUT2D eigenvalue weighted by Gasteiger charge is -1.78. The van der Waals surface area contributed by atoms with Crippen molar-refractivity contribution in [3.8, 4) is 0 Å². The van der Waals surface area contributed by atoms with Crippen LogP contribution in [-0.2, 0) is 6.54 Å². The number of imidazole rings is 1. The molecule has 0 unspecified atom stereocenters. The monoisotopic (exact) mass is 111 g/mol. The molecule has 0 aliphatic carbocycles. The summed E-state index contributed by atoms with van der Waals surface area (Å²) in [5, 5.41) is 2.66. The van der Waals surface area contributed by atoms with Crippen LogP contribution >= 0.6 is 0 Å². The molecule has 0 saturated carbocycles. The second-order valence-corrected chi connectivity index (χ2v) is 1.36. The van der Waals surface area contributed by atoms with Gasteiger partial charge in [0.1, 0.15) is 6.54 Å². The second kappa shape index (κ2) is 2.20. The van der Waals surface area contributed by atoms with E-state index in [9.17, 15) is 4.91 Å². The molecular formula is C4H5N3O. The Morgan fingerprint density at radius 2 is 2.75 bits per heavy atom. The predicted molar refractivity (Wildman–Crippen MR) is 28.1 cm³/mol. The quantitative estimate of drug-likeness (QED) is 0.570. The summed E-state index contributed by atoms with van der Waals surface area (Å²) in [7, 11) is 0. The van der Waals surface area contributed by atoms with E-state index < -0.39 is 0 Å². The molecule has 0 bridgehead atoms. The van der Waals surface area contributed by atoms with E-state index >= 15 is 0 Å². The van der Waals surface area contributed by atoms with Crippen LogP contribution in [0, 0.1) is 4.91 Å². The van der Waals surface area contributed by atoms with E-state index in [1.807, 2.05) is 0 Å². The number of aromatic nitrogens is 2. The molecule has 4 heteroatoms. The van der Waals surface area contributed by atoms with Gasteiger partial charge in [-0.1, -0.05) is 5.18 Å². The molecule has 1 aromatic heterocycles. The van der Waals surface area contributed by atoms with Crippen LogP contribution in [0.15, 0.2) is 17.7 Å². The van der Waals surface area contributed by atoms with Gasteiger partial charge in [-0.15, -0.1) is 0 Å². The maximum absolute atomic E-state index is 9.57. The van der Waals surface area contributed by atoms with Gasteiger partial charge < -0.3 is 4.98 Å². The zero-order valence-corrected chi connectivity index (χ0v) is 4.16. The standard InChI is InChI=1S/C4H5N3O/c8-7-2-4-1-5-3-6-4/h1,3H,2H2,(H,5,6). The highest BCUT2D eigenvalue weighted by molar-refractivity contribution is 4.92. The first-order valence-electron chi connectivity index (χ1n) is 2.20. The Morgan fingerprint density at radius 1 is 1.88 bits per heavy atom. The lowest BCUT2D eigenvalue weighted by Crippen LogP contribution is -1.75. The van der Waals surface area contributed by atoms with Gasteiger partial charge in [-0.05, 0) is 0 Å². The average molecular weight is 111 g/mol. The third-order valence-corrected chi connectivity index (χ3v) is 0.790. The number of hydrogen-bond donors (Lipinski definition) is 1. The number of rotatable bonds is 2. The Balaban J connectivity index is 2.62. The minimum absolute atomic E-state index is 0.181. The number of nitroso groups, excluding NO2 is 1. The molecule has 0 fully saturated rings. The van der Waals surface area contributed by atoms with Crippen LogP contribution in [0.1, 0.15) is 5.69 Å². The molecule has 4 nitrogen and oxygen atoms in total. The van der Waals surface area contributed by atoms with E-state index in [0.717, 1.165) is 5.69 Å². The number of H-pyrrole nitrogens is 1. The van der Waals surface area contributed by atoms with Crippen molar-refractivity contribution in [2.45, 2.75) is 6.54 Å². The van der Waals surface area contributed by atoms with E-state index in [4.69, 9.17) is 0 Å². The lowest BCUT2D eigenvalue weighted by atomic mass is 10.5. The molecule has 0 aromatic carbocycles. The SMILES string of the molecule is O=NCc1cnc[nH]1. The molecule has 0 aliphatic heterocycles. The predicted octanol–water partition coefficient (Wildman–Crippen LogP) is 0.676. The highest BCUT2D eigenvalue weighted by atomic mass is 16.3. The maximum Gasteiger partial charge on any atom is 0.123 e. The largest absolute Gasteiger partial charge is 0.347 e. The van der Waals surface area contributed by atoms with Crippen LogP contribution < -0.4 is 0 Å². The average Bonchev–Trinajstić information content (AvgIpc) is 2.19. The van der Waals surface area contributed by atoms with Crippen LogP contribution in [0.3, 0.4) is 0 Å². The van der Waals surface area contributed by atoms with Gasteiger partial charge in [0, 0.05) is 6.20 Å². The molecular weight excluding hydrogens is 106 g/mol. The molecule has 0 aliphatic rings. The van der Waals surface area contributed by atoms with Crippen molar-refractivity contribution in [3.63, 3.8) is 0 Å². The van der Waals surface area contributed by atoms with E-state index in [-0.39, 0.29) is 6.54 Å². The Kier molecular flexibility index (Phi) is 1.37. The molecule has 0 spiro atoms. The van der Waals surface area contributed by atoms with Gasteiger partial charge in [-0.3, -0.25) is 0 Å². The number of nitrogens with zero attached hydrogens (tertiary/aromatic N) is 2. The maximum atomic E-state index is 9.57. The van der Waals surface area contributed by atoms with E-state index in [0.29, 0.717) is 0 Å². The molecule has 8 heavy (non-hydrogen) atoms. The van der Waals surface area contributed by atoms with Gasteiger partial charge in [0.25, 0.3) is 0 Å². The number of hydrogen-bond acceptors (Lipinski definition) is 3. The summed E-state index contributed by atoms with van der Waals surface area (Å²) in [5.41, 5.74) is 0.750. The van der Waals surface area contributed by atoms with Crippen molar-refractivity contribution in [1.82, 2.24) is 9.97 Å². The molecule has 42 valence electrons. The van der Waals surface area contributed by atoms with Crippen molar-refractivity contribution in [3.05, 3.63) is 23.1 Å². The third kappa shape index (κ3) is 0.900. The third-order valence-electron chi connectivity index (χ3n) is 0.790. The fourth-order valence-corrected chi connectivity index (χ4v) is 0.441. The van der Waals surface area contributed by atoms with Crippen molar-refractivity contribution < 1.29 is 0 Å². The molecule has 1 rings (SSSR count). The van der Waals surface area contributed by atoms with Crippen LogP contribution in [0.2, 0.25) is 0 Å². The van der Waals surface area contributed by atoms with Gasteiger partial charge in [0.05, 0.1) is 12.0 Å². The van der Waals surface area contributed by atoms with Crippen molar-refractivity contribution >= 4 is 0 Å². The molecule has 0 radical (unpaired) electrons. The fraction of sp³-hybridized carbons (Fsp3) is 0.250. The topological polar surface area (TPSA) is 58.1 Å².